The molecule has 1 aliphatic carbocycles. The van der Waals surface area contributed by atoms with E-state index in [9.17, 15) is 0 Å². The molecule has 3 heteroatoms. The van der Waals surface area contributed by atoms with Gasteiger partial charge in [0.25, 0.3) is 0 Å². The third kappa shape index (κ3) is 2.38. The molecule has 90 valence electrons. The van der Waals surface area contributed by atoms with Gasteiger partial charge in [-0.3, -0.25) is 0 Å². The first-order valence-electron chi connectivity index (χ1n) is 6.01. The Bertz CT molecular complexity index is 473. The Balaban J connectivity index is 2.57. The standard InChI is InChI=1S/C14H19N3/c1-5-6-13-15-12-9-10(2)7-8-11(12)14(16-13)17(3)4/h5-8,10H,9H2,1-4H3/b6-5+. The van der Waals surface area contributed by atoms with Crippen molar-refractivity contribution in [1.29, 1.82) is 0 Å². The number of nitrogens with zero attached hydrogens (tertiary/aromatic N) is 3. The molecule has 1 atom stereocenters. The molecule has 1 heterocycles. The maximum absolute atomic E-state index is 4.62. The van der Waals surface area contributed by atoms with Crippen LogP contribution in [0.5, 0.6) is 0 Å². The van der Waals surface area contributed by atoms with Crippen LogP contribution in [0.1, 0.15) is 30.9 Å². The summed E-state index contributed by atoms with van der Waals surface area (Å²) in [6, 6.07) is 0. The van der Waals surface area contributed by atoms with Gasteiger partial charge in [-0.25, -0.2) is 9.97 Å². The van der Waals surface area contributed by atoms with E-state index in [1.54, 1.807) is 0 Å². The van der Waals surface area contributed by atoms with Crippen LogP contribution in [0, 0.1) is 5.92 Å². The molecule has 1 unspecified atom stereocenters. The molecule has 0 radical (unpaired) electrons. The average Bonchev–Trinajstić information content (AvgIpc) is 2.27. The molecule has 17 heavy (non-hydrogen) atoms. The normalized spacial score (nSPS) is 18.5. The smallest absolute Gasteiger partial charge is 0.154 e. The molecule has 1 aromatic heterocycles. The molecule has 0 saturated heterocycles. The summed E-state index contributed by atoms with van der Waals surface area (Å²) in [6.07, 6.45) is 9.31. The zero-order chi connectivity index (χ0) is 12.4. The molecule has 0 bridgehead atoms. The Labute approximate surface area is 103 Å². The van der Waals surface area contributed by atoms with E-state index in [2.05, 4.69) is 29.0 Å². The summed E-state index contributed by atoms with van der Waals surface area (Å²) in [4.78, 5) is 11.2. The first kappa shape index (κ1) is 11.8. The van der Waals surface area contributed by atoms with Gasteiger partial charge in [0.1, 0.15) is 5.82 Å². The average molecular weight is 229 g/mol. The van der Waals surface area contributed by atoms with E-state index in [4.69, 9.17) is 0 Å². The molecule has 0 N–H and O–H groups in total. The molecule has 0 spiro atoms. The zero-order valence-electron chi connectivity index (χ0n) is 10.9. The maximum atomic E-state index is 4.62. The van der Waals surface area contributed by atoms with Crippen LogP contribution in [0.15, 0.2) is 12.2 Å². The van der Waals surface area contributed by atoms with Gasteiger partial charge in [0.2, 0.25) is 0 Å². The van der Waals surface area contributed by atoms with Crippen LogP contribution in [-0.2, 0) is 6.42 Å². The highest BCUT2D eigenvalue weighted by Crippen LogP contribution is 2.28. The Kier molecular flexibility index (Phi) is 3.27. The van der Waals surface area contributed by atoms with Crippen LogP contribution in [0.3, 0.4) is 0 Å². The van der Waals surface area contributed by atoms with Crippen LogP contribution in [0.4, 0.5) is 5.82 Å². The lowest BCUT2D eigenvalue weighted by molar-refractivity contribution is 0.694. The predicted octanol–water partition coefficient (Wildman–Crippen LogP) is 2.78. The first-order chi connectivity index (χ1) is 8.11. The third-order valence-corrected chi connectivity index (χ3v) is 2.87. The van der Waals surface area contributed by atoms with Crippen molar-refractivity contribution in [1.82, 2.24) is 9.97 Å². The minimum Gasteiger partial charge on any atom is -0.362 e. The summed E-state index contributed by atoms with van der Waals surface area (Å²) in [5.74, 6) is 2.37. The van der Waals surface area contributed by atoms with E-state index in [0.717, 1.165) is 23.8 Å². The molecular formula is C14H19N3. The fraction of sp³-hybridized carbons (Fsp3) is 0.429. The van der Waals surface area contributed by atoms with Crippen LogP contribution in [0.2, 0.25) is 0 Å². The highest BCUT2D eigenvalue weighted by Gasteiger charge is 2.17. The molecule has 0 aliphatic heterocycles. The van der Waals surface area contributed by atoms with Gasteiger partial charge in [-0.05, 0) is 25.3 Å². The van der Waals surface area contributed by atoms with Gasteiger partial charge in [-0.1, -0.05) is 25.2 Å². The van der Waals surface area contributed by atoms with E-state index in [-0.39, 0.29) is 0 Å². The molecule has 0 saturated carbocycles. The van der Waals surface area contributed by atoms with Crippen LogP contribution >= 0.6 is 0 Å². The van der Waals surface area contributed by atoms with Gasteiger partial charge in [-0.2, -0.15) is 0 Å². The second-order valence-corrected chi connectivity index (χ2v) is 4.70. The summed E-state index contributed by atoms with van der Waals surface area (Å²) in [5, 5.41) is 0. The monoisotopic (exact) mass is 229 g/mol. The van der Waals surface area contributed by atoms with E-state index >= 15 is 0 Å². The maximum Gasteiger partial charge on any atom is 0.154 e. The Morgan fingerprint density at radius 3 is 2.76 bits per heavy atom. The quantitative estimate of drug-likeness (QED) is 0.781. The van der Waals surface area contributed by atoms with Crippen molar-refractivity contribution in [3.63, 3.8) is 0 Å². The molecule has 0 fully saturated rings. The highest BCUT2D eigenvalue weighted by molar-refractivity contribution is 5.68. The topological polar surface area (TPSA) is 29.0 Å². The van der Waals surface area contributed by atoms with Crippen molar-refractivity contribution >= 4 is 18.0 Å². The van der Waals surface area contributed by atoms with E-state index in [0.29, 0.717) is 5.92 Å². The largest absolute Gasteiger partial charge is 0.362 e. The number of anilines is 1. The number of rotatable bonds is 2. The second kappa shape index (κ2) is 4.70. The second-order valence-electron chi connectivity index (χ2n) is 4.70. The lowest BCUT2D eigenvalue weighted by atomic mass is 9.95. The molecule has 0 aromatic carbocycles. The lowest BCUT2D eigenvalue weighted by Gasteiger charge is -2.21. The highest BCUT2D eigenvalue weighted by atomic mass is 15.2. The number of allylic oxidation sites excluding steroid dienone is 2. The molecule has 1 aliphatic rings. The molecule has 0 amide bonds. The van der Waals surface area contributed by atoms with E-state index in [1.807, 2.05) is 38.1 Å². The van der Waals surface area contributed by atoms with Crippen LogP contribution in [-0.4, -0.2) is 24.1 Å². The zero-order valence-corrected chi connectivity index (χ0v) is 10.9. The summed E-state index contributed by atoms with van der Waals surface area (Å²) < 4.78 is 0. The fourth-order valence-electron chi connectivity index (χ4n) is 2.05. The Morgan fingerprint density at radius 2 is 2.12 bits per heavy atom. The molecule has 1 aromatic rings. The van der Waals surface area contributed by atoms with Crippen LogP contribution in [0.25, 0.3) is 12.2 Å². The van der Waals surface area contributed by atoms with Gasteiger partial charge in [0, 0.05) is 19.7 Å². The van der Waals surface area contributed by atoms with Gasteiger partial charge < -0.3 is 4.90 Å². The van der Waals surface area contributed by atoms with Crippen molar-refractivity contribution in [2.75, 3.05) is 19.0 Å². The number of hydrogen-bond acceptors (Lipinski definition) is 3. The number of aromatic nitrogens is 2. The van der Waals surface area contributed by atoms with E-state index < -0.39 is 0 Å². The van der Waals surface area contributed by atoms with Crippen molar-refractivity contribution in [2.45, 2.75) is 20.3 Å². The Hall–Kier alpha value is -1.64. The predicted molar refractivity (Wildman–Crippen MR) is 73.0 cm³/mol. The number of hydrogen-bond donors (Lipinski definition) is 0. The molecule has 2 rings (SSSR count). The van der Waals surface area contributed by atoms with Crippen molar-refractivity contribution in [3.8, 4) is 0 Å². The van der Waals surface area contributed by atoms with Crippen molar-refractivity contribution < 1.29 is 0 Å². The summed E-state index contributed by atoms with van der Waals surface area (Å²) in [5.41, 5.74) is 2.33. The third-order valence-electron chi connectivity index (χ3n) is 2.87. The Morgan fingerprint density at radius 1 is 1.35 bits per heavy atom. The minimum absolute atomic E-state index is 0.561. The molecule has 3 nitrogen and oxygen atoms in total. The summed E-state index contributed by atoms with van der Waals surface area (Å²) in [6.45, 7) is 4.20. The van der Waals surface area contributed by atoms with Crippen molar-refractivity contribution in [2.24, 2.45) is 5.92 Å². The minimum atomic E-state index is 0.561. The SMILES string of the molecule is C/C=C/c1nc2c(c(N(C)C)n1)C=CC(C)C2. The summed E-state index contributed by atoms with van der Waals surface area (Å²) >= 11 is 0. The van der Waals surface area contributed by atoms with Crippen LogP contribution < -0.4 is 4.90 Å². The van der Waals surface area contributed by atoms with Gasteiger partial charge in [0.05, 0.1) is 5.69 Å². The number of fused-ring (bicyclic) bond motifs is 1. The first-order valence-corrected chi connectivity index (χ1v) is 6.01. The lowest BCUT2D eigenvalue weighted by Crippen LogP contribution is -2.17. The van der Waals surface area contributed by atoms with Gasteiger partial charge in [0.15, 0.2) is 5.82 Å². The summed E-state index contributed by atoms with van der Waals surface area (Å²) in [7, 11) is 4.04. The fourth-order valence-corrected chi connectivity index (χ4v) is 2.05. The van der Waals surface area contributed by atoms with E-state index in [1.165, 1.54) is 5.56 Å². The molecular weight excluding hydrogens is 210 g/mol. The van der Waals surface area contributed by atoms with Gasteiger partial charge in [-0.15, -0.1) is 0 Å². The van der Waals surface area contributed by atoms with Crippen molar-refractivity contribution in [3.05, 3.63) is 29.2 Å². The van der Waals surface area contributed by atoms with Gasteiger partial charge >= 0.3 is 0 Å².